The third-order valence-corrected chi connectivity index (χ3v) is 3.52. The molecule has 5 nitrogen and oxygen atoms in total. The van der Waals surface area contributed by atoms with Crippen LogP contribution in [0.3, 0.4) is 0 Å². The van der Waals surface area contributed by atoms with E-state index in [1.165, 1.54) is 0 Å². The topological polar surface area (TPSA) is 69.8 Å². The van der Waals surface area contributed by atoms with E-state index in [1.807, 2.05) is 11.8 Å². The van der Waals surface area contributed by atoms with Crippen molar-refractivity contribution in [2.75, 3.05) is 24.6 Å². The van der Waals surface area contributed by atoms with Gasteiger partial charge in [-0.1, -0.05) is 0 Å². The van der Waals surface area contributed by atoms with Crippen molar-refractivity contribution in [2.45, 2.75) is 12.5 Å². The van der Waals surface area contributed by atoms with Crippen LogP contribution in [-0.4, -0.2) is 46.5 Å². The van der Waals surface area contributed by atoms with Crippen molar-refractivity contribution in [1.82, 2.24) is 20.6 Å². The molecule has 88 valence electrons. The van der Waals surface area contributed by atoms with Gasteiger partial charge >= 0.3 is 0 Å². The standard InChI is InChI=1S/C10H16N4OS/c15-10(8-7-16-6-5-11-8)14-2-1-9-12-3-4-13-9/h3-4,8,11H,1-2,5-7H2,(H,12,13)(H,14,15). The number of amides is 1. The number of aromatic amines is 1. The Morgan fingerprint density at radius 1 is 1.69 bits per heavy atom. The molecule has 1 fully saturated rings. The largest absolute Gasteiger partial charge is 0.354 e. The SMILES string of the molecule is O=C(NCCc1ncc[nH]1)C1CSCCN1. The number of nitrogens with zero attached hydrogens (tertiary/aromatic N) is 1. The molecule has 0 saturated carbocycles. The van der Waals surface area contributed by atoms with E-state index in [0.29, 0.717) is 6.54 Å². The fourth-order valence-electron chi connectivity index (χ4n) is 1.60. The minimum absolute atomic E-state index is 0.0321. The Hall–Kier alpha value is -1.01. The maximum Gasteiger partial charge on any atom is 0.238 e. The number of hydrogen-bond acceptors (Lipinski definition) is 4. The van der Waals surface area contributed by atoms with E-state index < -0.39 is 0 Å². The second-order valence-electron chi connectivity index (χ2n) is 3.66. The molecule has 2 heterocycles. The summed E-state index contributed by atoms with van der Waals surface area (Å²) in [5.74, 6) is 2.97. The first-order valence-corrected chi connectivity index (χ1v) is 6.59. The molecule has 1 aromatic rings. The number of carbonyl (C=O) groups excluding carboxylic acids is 1. The van der Waals surface area contributed by atoms with Crippen molar-refractivity contribution in [2.24, 2.45) is 0 Å². The van der Waals surface area contributed by atoms with Gasteiger partial charge in [-0.3, -0.25) is 4.79 Å². The van der Waals surface area contributed by atoms with Crippen LogP contribution in [0.4, 0.5) is 0 Å². The van der Waals surface area contributed by atoms with E-state index in [1.54, 1.807) is 12.4 Å². The quantitative estimate of drug-likeness (QED) is 0.680. The number of thioether (sulfide) groups is 1. The van der Waals surface area contributed by atoms with Crippen LogP contribution in [0.5, 0.6) is 0 Å². The summed E-state index contributed by atoms with van der Waals surface area (Å²) in [6.07, 6.45) is 4.26. The maximum absolute atomic E-state index is 11.7. The van der Waals surface area contributed by atoms with Crippen molar-refractivity contribution in [3.8, 4) is 0 Å². The van der Waals surface area contributed by atoms with Crippen LogP contribution in [0.1, 0.15) is 5.82 Å². The molecular formula is C10H16N4OS. The highest BCUT2D eigenvalue weighted by Crippen LogP contribution is 2.07. The lowest BCUT2D eigenvalue weighted by atomic mass is 10.3. The zero-order valence-corrected chi connectivity index (χ0v) is 9.85. The van der Waals surface area contributed by atoms with E-state index in [4.69, 9.17) is 0 Å². The van der Waals surface area contributed by atoms with Gasteiger partial charge in [-0.25, -0.2) is 4.98 Å². The zero-order chi connectivity index (χ0) is 11.2. The smallest absolute Gasteiger partial charge is 0.238 e. The summed E-state index contributed by atoms with van der Waals surface area (Å²) in [5.41, 5.74) is 0. The Morgan fingerprint density at radius 3 is 3.31 bits per heavy atom. The van der Waals surface area contributed by atoms with E-state index >= 15 is 0 Å². The van der Waals surface area contributed by atoms with Crippen LogP contribution < -0.4 is 10.6 Å². The molecule has 0 aliphatic carbocycles. The number of H-pyrrole nitrogens is 1. The monoisotopic (exact) mass is 240 g/mol. The minimum Gasteiger partial charge on any atom is -0.354 e. The molecule has 1 saturated heterocycles. The Labute approximate surface area is 98.8 Å². The average molecular weight is 240 g/mol. The number of nitrogens with one attached hydrogen (secondary N) is 3. The summed E-state index contributed by atoms with van der Waals surface area (Å²) in [7, 11) is 0. The minimum atomic E-state index is -0.0321. The predicted octanol–water partition coefficient (Wildman–Crippen LogP) is -0.227. The number of aromatic nitrogens is 2. The summed E-state index contributed by atoms with van der Waals surface area (Å²) < 4.78 is 0. The van der Waals surface area contributed by atoms with Crippen molar-refractivity contribution in [3.05, 3.63) is 18.2 Å². The van der Waals surface area contributed by atoms with Crippen molar-refractivity contribution in [3.63, 3.8) is 0 Å². The summed E-state index contributed by atoms with van der Waals surface area (Å²) in [6, 6.07) is -0.0321. The molecule has 1 aliphatic rings. The van der Waals surface area contributed by atoms with E-state index in [0.717, 1.165) is 30.3 Å². The van der Waals surface area contributed by atoms with Crippen LogP contribution >= 0.6 is 11.8 Å². The zero-order valence-electron chi connectivity index (χ0n) is 9.03. The molecule has 0 spiro atoms. The Balaban J connectivity index is 1.67. The fourth-order valence-corrected chi connectivity index (χ4v) is 2.53. The molecule has 2 rings (SSSR count). The highest BCUT2D eigenvalue weighted by molar-refractivity contribution is 7.99. The first-order chi connectivity index (χ1) is 7.86. The number of carbonyl (C=O) groups is 1. The molecule has 1 atom stereocenters. The molecule has 1 amide bonds. The van der Waals surface area contributed by atoms with Crippen LogP contribution in [0.15, 0.2) is 12.4 Å². The lowest BCUT2D eigenvalue weighted by Gasteiger charge is -2.22. The number of hydrogen-bond donors (Lipinski definition) is 3. The van der Waals surface area contributed by atoms with Gasteiger partial charge < -0.3 is 15.6 Å². The maximum atomic E-state index is 11.7. The normalized spacial score (nSPS) is 20.6. The lowest BCUT2D eigenvalue weighted by molar-refractivity contribution is -0.122. The molecule has 3 N–H and O–H groups in total. The van der Waals surface area contributed by atoms with Gasteiger partial charge in [0.05, 0.1) is 6.04 Å². The fraction of sp³-hybridized carbons (Fsp3) is 0.600. The molecule has 16 heavy (non-hydrogen) atoms. The Bertz CT molecular complexity index is 322. The van der Waals surface area contributed by atoms with Gasteiger partial charge in [-0.2, -0.15) is 11.8 Å². The predicted molar refractivity (Wildman–Crippen MR) is 64.4 cm³/mol. The van der Waals surface area contributed by atoms with Crippen LogP contribution in [0, 0.1) is 0 Å². The van der Waals surface area contributed by atoms with Crippen molar-refractivity contribution in [1.29, 1.82) is 0 Å². The van der Waals surface area contributed by atoms with Crippen molar-refractivity contribution >= 4 is 17.7 Å². The third kappa shape index (κ3) is 3.24. The van der Waals surface area contributed by atoms with Gasteiger partial charge in [0, 0.05) is 43.4 Å². The van der Waals surface area contributed by atoms with Gasteiger partial charge in [0.25, 0.3) is 0 Å². The second kappa shape index (κ2) is 5.91. The van der Waals surface area contributed by atoms with E-state index in [2.05, 4.69) is 20.6 Å². The summed E-state index contributed by atoms with van der Waals surface area (Å²) in [4.78, 5) is 18.8. The van der Waals surface area contributed by atoms with Gasteiger partial charge in [0.15, 0.2) is 0 Å². The van der Waals surface area contributed by atoms with Crippen molar-refractivity contribution < 1.29 is 4.79 Å². The molecule has 1 aromatic heterocycles. The molecule has 1 unspecified atom stereocenters. The first-order valence-electron chi connectivity index (χ1n) is 5.43. The highest BCUT2D eigenvalue weighted by Gasteiger charge is 2.20. The highest BCUT2D eigenvalue weighted by atomic mass is 32.2. The Morgan fingerprint density at radius 2 is 2.62 bits per heavy atom. The lowest BCUT2D eigenvalue weighted by Crippen LogP contribution is -2.49. The molecule has 1 aliphatic heterocycles. The van der Waals surface area contributed by atoms with Gasteiger partial charge in [-0.15, -0.1) is 0 Å². The van der Waals surface area contributed by atoms with Gasteiger partial charge in [-0.05, 0) is 0 Å². The number of rotatable bonds is 4. The van der Waals surface area contributed by atoms with Gasteiger partial charge in [0.2, 0.25) is 5.91 Å². The van der Waals surface area contributed by atoms with Crippen LogP contribution in [0.2, 0.25) is 0 Å². The summed E-state index contributed by atoms with van der Waals surface area (Å²) in [6.45, 7) is 1.55. The van der Waals surface area contributed by atoms with E-state index in [-0.39, 0.29) is 11.9 Å². The first kappa shape index (κ1) is 11.5. The van der Waals surface area contributed by atoms with Gasteiger partial charge in [0.1, 0.15) is 5.82 Å². The molecule has 0 radical (unpaired) electrons. The molecule has 0 aromatic carbocycles. The van der Waals surface area contributed by atoms with E-state index in [9.17, 15) is 4.79 Å². The number of imidazole rings is 1. The molecule has 6 heteroatoms. The third-order valence-electron chi connectivity index (χ3n) is 2.45. The average Bonchev–Trinajstić information content (AvgIpc) is 2.83. The van der Waals surface area contributed by atoms with Crippen LogP contribution in [0.25, 0.3) is 0 Å². The second-order valence-corrected chi connectivity index (χ2v) is 4.81. The summed E-state index contributed by atoms with van der Waals surface area (Å²) >= 11 is 1.82. The Kier molecular flexibility index (Phi) is 4.24. The molecular weight excluding hydrogens is 224 g/mol. The van der Waals surface area contributed by atoms with Crippen LogP contribution in [-0.2, 0) is 11.2 Å². The molecule has 0 bridgehead atoms. The summed E-state index contributed by atoms with van der Waals surface area (Å²) in [5, 5.41) is 6.12.